The first-order valence-corrected chi connectivity index (χ1v) is 9.95. The van der Waals surface area contributed by atoms with E-state index in [0.29, 0.717) is 25.1 Å². The van der Waals surface area contributed by atoms with Gasteiger partial charge in [0.1, 0.15) is 0 Å². The topological polar surface area (TPSA) is 102 Å². The van der Waals surface area contributed by atoms with Crippen molar-refractivity contribution in [3.63, 3.8) is 0 Å². The Morgan fingerprint density at radius 1 is 1.27 bits per heavy atom. The van der Waals surface area contributed by atoms with Gasteiger partial charge in [0.25, 0.3) is 0 Å². The van der Waals surface area contributed by atoms with Crippen LogP contribution < -0.4 is 5.32 Å². The summed E-state index contributed by atoms with van der Waals surface area (Å²) in [6, 6.07) is 6.54. The van der Waals surface area contributed by atoms with E-state index in [0.717, 1.165) is 0 Å². The van der Waals surface area contributed by atoms with Crippen LogP contribution in [0.4, 0.5) is 5.69 Å². The number of nitrogens with one attached hydrogen (secondary N) is 1. The van der Waals surface area contributed by atoms with Crippen molar-refractivity contribution in [3.8, 4) is 0 Å². The zero-order valence-electron chi connectivity index (χ0n) is 14.9. The van der Waals surface area contributed by atoms with Gasteiger partial charge in [0.2, 0.25) is 15.9 Å². The van der Waals surface area contributed by atoms with Crippen molar-refractivity contribution < 1.29 is 27.5 Å². The number of piperidine rings is 1. The highest BCUT2D eigenvalue weighted by Crippen LogP contribution is 2.23. The number of nitrogens with zero attached hydrogens (tertiary/aromatic N) is 1. The molecule has 1 aromatic rings. The maximum atomic E-state index is 12.6. The number of carbonyl (C=O) groups is 2. The van der Waals surface area contributed by atoms with Crippen LogP contribution in [0.2, 0.25) is 0 Å². The minimum atomic E-state index is -3.46. The van der Waals surface area contributed by atoms with Gasteiger partial charge in [-0.3, -0.25) is 4.79 Å². The smallest absolute Gasteiger partial charge is 0.339 e. The molecule has 0 spiro atoms. The van der Waals surface area contributed by atoms with Gasteiger partial charge in [0, 0.05) is 20.2 Å². The molecule has 2 rings (SSSR count). The Kier molecular flexibility index (Phi) is 7.13. The summed E-state index contributed by atoms with van der Waals surface area (Å²) in [4.78, 5) is 24.4. The lowest BCUT2D eigenvalue weighted by Gasteiger charge is -2.31. The van der Waals surface area contributed by atoms with Crippen molar-refractivity contribution in [1.29, 1.82) is 0 Å². The Bertz CT molecular complexity index is 749. The van der Waals surface area contributed by atoms with Crippen molar-refractivity contribution in [2.45, 2.75) is 12.8 Å². The molecule has 144 valence electrons. The summed E-state index contributed by atoms with van der Waals surface area (Å²) >= 11 is 0. The van der Waals surface area contributed by atoms with Gasteiger partial charge in [0.05, 0.1) is 36.6 Å². The third-order valence-electron chi connectivity index (χ3n) is 4.28. The lowest BCUT2D eigenvalue weighted by Crippen LogP contribution is -2.45. The quantitative estimate of drug-likeness (QED) is 0.707. The minimum absolute atomic E-state index is 0.108. The van der Waals surface area contributed by atoms with Gasteiger partial charge in [-0.2, -0.15) is 0 Å². The summed E-state index contributed by atoms with van der Waals surface area (Å²) in [5, 5.41) is 2.72. The molecule has 0 aromatic heterocycles. The van der Waals surface area contributed by atoms with Gasteiger partial charge in [-0.1, -0.05) is 12.1 Å². The molecule has 1 amide bonds. The highest BCUT2D eigenvalue weighted by molar-refractivity contribution is 7.89. The molecule has 1 unspecified atom stereocenters. The predicted octanol–water partition coefficient (Wildman–Crippen LogP) is 1.10. The fourth-order valence-electron chi connectivity index (χ4n) is 2.84. The number of methoxy groups -OCH3 is 2. The van der Waals surface area contributed by atoms with Crippen molar-refractivity contribution >= 4 is 27.6 Å². The second kappa shape index (κ2) is 9.11. The lowest BCUT2D eigenvalue weighted by atomic mass is 9.98. The van der Waals surface area contributed by atoms with Crippen molar-refractivity contribution in [2.24, 2.45) is 5.92 Å². The van der Waals surface area contributed by atoms with Gasteiger partial charge < -0.3 is 14.8 Å². The third kappa shape index (κ3) is 5.03. The highest BCUT2D eigenvalue weighted by atomic mass is 32.2. The molecule has 1 aliphatic rings. The Hall–Kier alpha value is -1.97. The number of hydrogen-bond acceptors (Lipinski definition) is 6. The molecule has 1 aliphatic heterocycles. The van der Waals surface area contributed by atoms with Gasteiger partial charge in [-0.25, -0.2) is 17.5 Å². The Morgan fingerprint density at radius 3 is 2.69 bits per heavy atom. The zero-order valence-corrected chi connectivity index (χ0v) is 15.8. The molecule has 0 bridgehead atoms. The van der Waals surface area contributed by atoms with E-state index in [1.54, 1.807) is 24.3 Å². The van der Waals surface area contributed by atoms with Crippen LogP contribution in [-0.4, -0.2) is 64.3 Å². The molecule has 1 N–H and O–H groups in total. The molecule has 0 aliphatic carbocycles. The first kappa shape index (κ1) is 20.3. The van der Waals surface area contributed by atoms with Gasteiger partial charge in [-0.05, 0) is 25.0 Å². The maximum Gasteiger partial charge on any atom is 0.339 e. The van der Waals surface area contributed by atoms with E-state index in [-0.39, 0.29) is 30.4 Å². The van der Waals surface area contributed by atoms with Gasteiger partial charge in [-0.15, -0.1) is 0 Å². The lowest BCUT2D eigenvalue weighted by molar-refractivity contribution is -0.120. The summed E-state index contributed by atoms with van der Waals surface area (Å²) in [5.41, 5.74) is 0.604. The molecular weight excluding hydrogens is 360 g/mol. The van der Waals surface area contributed by atoms with Crippen LogP contribution in [0.15, 0.2) is 24.3 Å². The zero-order chi connectivity index (χ0) is 19.2. The number of rotatable bonds is 7. The molecule has 1 fully saturated rings. The molecular formula is C17H24N2O6S. The van der Waals surface area contributed by atoms with E-state index in [9.17, 15) is 18.0 Å². The van der Waals surface area contributed by atoms with Crippen LogP contribution in [-0.2, 0) is 24.3 Å². The number of carbonyl (C=O) groups excluding carboxylic acids is 2. The molecule has 1 aromatic carbocycles. The number of esters is 1. The number of anilines is 1. The molecule has 26 heavy (non-hydrogen) atoms. The molecule has 0 radical (unpaired) electrons. The average molecular weight is 384 g/mol. The number of para-hydroxylation sites is 1. The number of sulfonamides is 1. The number of amides is 1. The number of benzene rings is 1. The van der Waals surface area contributed by atoms with E-state index in [1.807, 2.05) is 0 Å². The molecule has 0 saturated carbocycles. The molecule has 9 heteroatoms. The molecule has 1 saturated heterocycles. The summed E-state index contributed by atoms with van der Waals surface area (Å²) in [6.45, 7) is 0.634. The van der Waals surface area contributed by atoms with Crippen LogP contribution in [0.25, 0.3) is 0 Å². The van der Waals surface area contributed by atoms with Crippen LogP contribution in [0.5, 0.6) is 0 Å². The Balaban J connectivity index is 2.07. The number of ether oxygens (including phenoxy) is 2. The Labute approximate surface area is 153 Å². The summed E-state index contributed by atoms with van der Waals surface area (Å²) in [5.74, 6) is -1.45. The molecule has 8 nitrogen and oxygen atoms in total. The van der Waals surface area contributed by atoms with Gasteiger partial charge in [0.15, 0.2) is 0 Å². The van der Waals surface area contributed by atoms with Crippen LogP contribution in [0.1, 0.15) is 23.2 Å². The van der Waals surface area contributed by atoms with E-state index < -0.39 is 21.9 Å². The standard InChI is InChI=1S/C17H24N2O6S/c1-24-10-11-26(22,23)19-9-5-6-13(12-19)16(20)18-15-8-4-3-7-14(15)17(21)25-2/h3-4,7-8,13H,5-6,9-12H2,1-2H3,(H,18,20). The molecule has 1 atom stereocenters. The molecule has 1 heterocycles. The van der Waals surface area contributed by atoms with E-state index in [4.69, 9.17) is 9.47 Å². The second-order valence-corrected chi connectivity index (χ2v) is 8.12. The van der Waals surface area contributed by atoms with Crippen LogP contribution in [0, 0.1) is 5.92 Å². The van der Waals surface area contributed by atoms with Crippen LogP contribution in [0.3, 0.4) is 0 Å². The van der Waals surface area contributed by atoms with Crippen molar-refractivity contribution in [1.82, 2.24) is 4.31 Å². The van der Waals surface area contributed by atoms with E-state index in [2.05, 4.69) is 5.32 Å². The summed E-state index contributed by atoms with van der Waals surface area (Å²) in [7, 11) is -0.742. The largest absolute Gasteiger partial charge is 0.465 e. The monoisotopic (exact) mass is 384 g/mol. The normalized spacial score (nSPS) is 18.3. The first-order valence-electron chi connectivity index (χ1n) is 8.34. The fourth-order valence-corrected chi connectivity index (χ4v) is 4.29. The minimum Gasteiger partial charge on any atom is -0.465 e. The number of hydrogen-bond donors (Lipinski definition) is 1. The van der Waals surface area contributed by atoms with E-state index >= 15 is 0 Å². The second-order valence-electron chi connectivity index (χ2n) is 6.03. The highest BCUT2D eigenvalue weighted by Gasteiger charge is 2.32. The SMILES string of the molecule is COCCS(=O)(=O)N1CCCC(C(=O)Nc2ccccc2C(=O)OC)C1. The summed E-state index contributed by atoms with van der Waals surface area (Å²) in [6.07, 6.45) is 1.19. The van der Waals surface area contributed by atoms with Crippen molar-refractivity contribution in [2.75, 3.05) is 45.0 Å². The third-order valence-corrected chi connectivity index (χ3v) is 6.08. The fraction of sp³-hybridized carbons (Fsp3) is 0.529. The Morgan fingerprint density at radius 2 is 2.00 bits per heavy atom. The van der Waals surface area contributed by atoms with Crippen LogP contribution >= 0.6 is 0 Å². The first-order chi connectivity index (χ1) is 12.4. The average Bonchev–Trinajstić information content (AvgIpc) is 2.66. The van der Waals surface area contributed by atoms with Gasteiger partial charge >= 0.3 is 5.97 Å². The van der Waals surface area contributed by atoms with Crippen molar-refractivity contribution in [3.05, 3.63) is 29.8 Å². The predicted molar refractivity (Wildman–Crippen MR) is 96.4 cm³/mol. The summed E-state index contributed by atoms with van der Waals surface area (Å²) < 4.78 is 35.5. The maximum absolute atomic E-state index is 12.6. The van der Waals surface area contributed by atoms with E-state index in [1.165, 1.54) is 18.5 Å².